The Morgan fingerprint density at radius 3 is 2.90 bits per heavy atom. The molecule has 0 radical (unpaired) electrons. The average molecular weight is 297 g/mol. The van der Waals surface area contributed by atoms with Crippen molar-refractivity contribution in [1.82, 2.24) is 15.5 Å². The van der Waals surface area contributed by atoms with Gasteiger partial charge in [-0.15, -0.1) is 0 Å². The van der Waals surface area contributed by atoms with Crippen LogP contribution in [0.5, 0.6) is 0 Å². The summed E-state index contributed by atoms with van der Waals surface area (Å²) in [6.45, 7) is 1.80. The van der Waals surface area contributed by atoms with Crippen LogP contribution in [-0.2, 0) is 9.59 Å². The molecule has 118 valence electrons. The molecule has 0 aromatic heterocycles. The molecule has 2 atom stereocenters. The van der Waals surface area contributed by atoms with Crippen molar-refractivity contribution in [2.45, 2.75) is 44.6 Å². The molecule has 2 aliphatic heterocycles. The van der Waals surface area contributed by atoms with Crippen LogP contribution in [-0.4, -0.2) is 53.6 Å². The lowest BCUT2D eigenvalue weighted by molar-refractivity contribution is -0.137. The fourth-order valence-corrected chi connectivity index (χ4v) is 3.08. The van der Waals surface area contributed by atoms with E-state index in [0.29, 0.717) is 26.1 Å². The SMILES string of the molecule is O=C(O)CCCCCNC(=O)N1CCCC2C(=O)NCC21. The first-order valence-corrected chi connectivity index (χ1v) is 7.63. The first-order chi connectivity index (χ1) is 10.1. The predicted octanol–water partition coefficient (Wildman–Crippen LogP) is 0.551. The zero-order chi connectivity index (χ0) is 15.2. The van der Waals surface area contributed by atoms with Gasteiger partial charge in [0.1, 0.15) is 0 Å². The van der Waals surface area contributed by atoms with Crippen LogP contribution in [0.15, 0.2) is 0 Å². The Morgan fingerprint density at radius 2 is 2.14 bits per heavy atom. The van der Waals surface area contributed by atoms with Crippen molar-refractivity contribution in [3.63, 3.8) is 0 Å². The second-order valence-corrected chi connectivity index (χ2v) is 5.69. The molecule has 3 N–H and O–H groups in total. The van der Waals surface area contributed by atoms with Gasteiger partial charge in [-0.1, -0.05) is 6.42 Å². The summed E-state index contributed by atoms with van der Waals surface area (Å²) < 4.78 is 0. The smallest absolute Gasteiger partial charge is 0.317 e. The third-order valence-electron chi connectivity index (χ3n) is 4.21. The Labute approximate surface area is 124 Å². The molecule has 0 aromatic rings. The number of hydrogen-bond acceptors (Lipinski definition) is 3. The maximum atomic E-state index is 12.2. The van der Waals surface area contributed by atoms with E-state index in [9.17, 15) is 14.4 Å². The van der Waals surface area contributed by atoms with E-state index >= 15 is 0 Å². The van der Waals surface area contributed by atoms with Crippen molar-refractivity contribution < 1.29 is 19.5 Å². The molecule has 21 heavy (non-hydrogen) atoms. The maximum Gasteiger partial charge on any atom is 0.317 e. The number of amides is 3. The Balaban J connectivity index is 1.68. The predicted molar refractivity (Wildman–Crippen MR) is 75.7 cm³/mol. The molecule has 0 aliphatic carbocycles. The van der Waals surface area contributed by atoms with Crippen LogP contribution in [0.25, 0.3) is 0 Å². The number of carboxylic acids is 1. The summed E-state index contributed by atoms with van der Waals surface area (Å²) in [6, 6.07) is -0.127. The summed E-state index contributed by atoms with van der Waals surface area (Å²) >= 11 is 0. The number of piperidine rings is 1. The molecule has 0 bridgehead atoms. The number of nitrogens with zero attached hydrogens (tertiary/aromatic N) is 1. The van der Waals surface area contributed by atoms with Crippen LogP contribution in [0.2, 0.25) is 0 Å². The second-order valence-electron chi connectivity index (χ2n) is 5.69. The highest BCUT2D eigenvalue weighted by atomic mass is 16.4. The molecule has 2 heterocycles. The van der Waals surface area contributed by atoms with Crippen molar-refractivity contribution >= 4 is 17.9 Å². The van der Waals surface area contributed by atoms with E-state index in [2.05, 4.69) is 10.6 Å². The van der Waals surface area contributed by atoms with Gasteiger partial charge in [0.05, 0.1) is 12.0 Å². The van der Waals surface area contributed by atoms with E-state index in [-0.39, 0.29) is 30.3 Å². The zero-order valence-corrected chi connectivity index (χ0v) is 12.1. The average Bonchev–Trinajstić information content (AvgIpc) is 2.84. The van der Waals surface area contributed by atoms with Gasteiger partial charge in [0.2, 0.25) is 5.91 Å². The summed E-state index contributed by atoms with van der Waals surface area (Å²) in [5.41, 5.74) is 0. The largest absolute Gasteiger partial charge is 0.481 e. The van der Waals surface area contributed by atoms with Crippen LogP contribution in [0.1, 0.15) is 38.5 Å². The van der Waals surface area contributed by atoms with Crippen molar-refractivity contribution in [3.05, 3.63) is 0 Å². The van der Waals surface area contributed by atoms with Gasteiger partial charge < -0.3 is 20.6 Å². The monoisotopic (exact) mass is 297 g/mol. The van der Waals surface area contributed by atoms with E-state index < -0.39 is 5.97 Å². The fourth-order valence-electron chi connectivity index (χ4n) is 3.08. The number of urea groups is 1. The molecular formula is C14H23N3O4. The number of unbranched alkanes of at least 4 members (excludes halogenated alkanes) is 2. The van der Waals surface area contributed by atoms with Crippen LogP contribution >= 0.6 is 0 Å². The van der Waals surface area contributed by atoms with Gasteiger partial charge in [-0.2, -0.15) is 0 Å². The molecular weight excluding hydrogens is 274 g/mol. The standard InChI is InChI=1S/C14H23N3O4/c18-12(19)6-2-1-3-7-15-14(21)17-8-4-5-10-11(17)9-16-13(10)20/h10-11H,1-9H2,(H,15,21)(H,16,20)(H,18,19). The Morgan fingerprint density at radius 1 is 1.33 bits per heavy atom. The summed E-state index contributed by atoms with van der Waals surface area (Å²) in [5.74, 6) is -0.775. The number of aliphatic carboxylic acids is 1. The van der Waals surface area contributed by atoms with Gasteiger partial charge in [-0.3, -0.25) is 9.59 Å². The molecule has 2 rings (SSSR count). The number of rotatable bonds is 6. The topological polar surface area (TPSA) is 98.7 Å². The summed E-state index contributed by atoms with van der Waals surface area (Å²) in [6.07, 6.45) is 4.10. The van der Waals surface area contributed by atoms with Gasteiger partial charge in [0, 0.05) is 26.1 Å². The van der Waals surface area contributed by atoms with Gasteiger partial charge >= 0.3 is 12.0 Å². The third-order valence-corrected chi connectivity index (χ3v) is 4.21. The first-order valence-electron chi connectivity index (χ1n) is 7.63. The molecule has 2 saturated heterocycles. The van der Waals surface area contributed by atoms with Gasteiger partial charge in [0.25, 0.3) is 0 Å². The quantitative estimate of drug-likeness (QED) is 0.623. The highest BCUT2D eigenvalue weighted by Gasteiger charge is 2.42. The fraction of sp³-hybridized carbons (Fsp3) is 0.786. The number of carboxylic acid groups (broad SMARTS) is 1. The van der Waals surface area contributed by atoms with Crippen molar-refractivity contribution in [1.29, 1.82) is 0 Å². The lowest BCUT2D eigenvalue weighted by Crippen LogP contribution is -2.52. The number of hydrogen-bond donors (Lipinski definition) is 3. The first kappa shape index (κ1) is 15.6. The number of fused-ring (bicyclic) bond motifs is 1. The van der Waals surface area contributed by atoms with E-state index in [1.54, 1.807) is 4.90 Å². The Kier molecular flexibility index (Phi) is 5.41. The van der Waals surface area contributed by atoms with E-state index in [1.807, 2.05) is 0 Å². The molecule has 0 aromatic carbocycles. The number of likely N-dealkylation sites (tertiary alicyclic amines) is 1. The summed E-state index contributed by atoms with van der Waals surface area (Å²) in [7, 11) is 0. The molecule has 3 amide bonds. The normalized spacial score (nSPS) is 24.4. The highest BCUT2D eigenvalue weighted by molar-refractivity contribution is 5.84. The van der Waals surface area contributed by atoms with E-state index in [0.717, 1.165) is 25.7 Å². The van der Waals surface area contributed by atoms with Crippen molar-refractivity contribution in [2.75, 3.05) is 19.6 Å². The molecule has 2 aliphatic rings. The van der Waals surface area contributed by atoms with E-state index in [1.165, 1.54) is 0 Å². The maximum absolute atomic E-state index is 12.2. The van der Waals surface area contributed by atoms with Crippen molar-refractivity contribution in [2.24, 2.45) is 5.92 Å². The van der Waals surface area contributed by atoms with Gasteiger partial charge in [0.15, 0.2) is 0 Å². The Bertz CT molecular complexity index is 413. The van der Waals surface area contributed by atoms with Crippen molar-refractivity contribution in [3.8, 4) is 0 Å². The molecule has 2 unspecified atom stereocenters. The minimum atomic E-state index is -0.781. The highest BCUT2D eigenvalue weighted by Crippen LogP contribution is 2.27. The van der Waals surface area contributed by atoms with Crippen LogP contribution in [0.4, 0.5) is 4.79 Å². The van der Waals surface area contributed by atoms with Crippen LogP contribution < -0.4 is 10.6 Å². The minimum absolute atomic E-state index is 0.0155. The Hall–Kier alpha value is -1.79. The molecule has 2 fully saturated rings. The zero-order valence-electron chi connectivity index (χ0n) is 12.1. The van der Waals surface area contributed by atoms with Gasteiger partial charge in [-0.25, -0.2) is 4.79 Å². The molecule has 0 saturated carbocycles. The third kappa shape index (κ3) is 4.09. The molecule has 0 spiro atoms. The summed E-state index contributed by atoms with van der Waals surface area (Å²) in [5, 5.41) is 14.2. The van der Waals surface area contributed by atoms with E-state index in [4.69, 9.17) is 5.11 Å². The number of carbonyl (C=O) groups is 3. The molecule has 7 heteroatoms. The van der Waals surface area contributed by atoms with Crippen LogP contribution in [0, 0.1) is 5.92 Å². The lowest BCUT2D eigenvalue weighted by Gasteiger charge is -2.35. The summed E-state index contributed by atoms with van der Waals surface area (Å²) in [4.78, 5) is 36.0. The minimum Gasteiger partial charge on any atom is -0.481 e. The second kappa shape index (κ2) is 7.28. The van der Waals surface area contributed by atoms with Crippen LogP contribution in [0.3, 0.4) is 0 Å². The lowest BCUT2D eigenvalue weighted by atomic mass is 9.92. The molecule has 7 nitrogen and oxygen atoms in total. The number of carbonyl (C=O) groups excluding carboxylic acids is 2. The number of nitrogens with one attached hydrogen (secondary N) is 2. The van der Waals surface area contributed by atoms with Gasteiger partial charge in [-0.05, 0) is 25.7 Å².